The van der Waals surface area contributed by atoms with Crippen LogP contribution in [0.5, 0.6) is 0 Å². The average molecular weight is 378 g/mol. The van der Waals surface area contributed by atoms with E-state index in [1.807, 2.05) is 42.5 Å². The number of anilines is 2. The SMILES string of the molecule is O=C(CCC(=O)n1ccc2ccccc21)Nc1ccc(N2CCOCC2)nc1. The molecular formula is C21H22N4O3. The maximum Gasteiger partial charge on any atom is 0.231 e. The van der Waals surface area contributed by atoms with Crippen molar-refractivity contribution in [1.82, 2.24) is 9.55 Å². The highest BCUT2D eigenvalue weighted by Gasteiger charge is 2.14. The highest BCUT2D eigenvalue weighted by molar-refractivity contribution is 5.96. The van der Waals surface area contributed by atoms with E-state index in [1.54, 1.807) is 17.0 Å². The van der Waals surface area contributed by atoms with Gasteiger partial charge in [0.1, 0.15) is 5.82 Å². The van der Waals surface area contributed by atoms with E-state index in [1.165, 1.54) is 0 Å². The van der Waals surface area contributed by atoms with Gasteiger partial charge in [-0.25, -0.2) is 4.98 Å². The molecule has 1 aromatic carbocycles. The number of nitrogens with one attached hydrogen (secondary N) is 1. The van der Waals surface area contributed by atoms with Crippen LogP contribution in [0.25, 0.3) is 10.9 Å². The van der Waals surface area contributed by atoms with Crippen molar-refractivity contribution in [3.05, 3.63) is 54.9 Å². The third kappa shape index (κ3) is 4.04. The molecule has 0 saturated carbocycles. The minimum Gasteiger partial charge on any atom is -0.378 e. The van der Waals surface area contributed by atoms with E-state index >= 15 is 0 Å². The average Bonchev–Trinajstić information content (AvgIpc) is 3.17. The number of carbonyl (C=O) groups excluding carboxylic acids is 2. The first-order valence-electron chi connectivity index (χ1n) is 9.38. The van der Waals surface area contributed by atoms with E-state index in [2.05, 4.69) is 15.2 Å². The number of pyridine rings is 1. The zero-order valence-corrected chi connectivity index (χ0v) is 15.5. The van der Waals surface area contributed by atoms with Crippen molar-refractivity contribution in [2.75, 3.05) is 36.5 Å². The van der Waals surface area contributed by atoms with Crippen LogP contribution in [0, 0.1) is 0 Å². The molecule has 0 unspecified atom stereocenters. The van der Waals surface area contributed by atoms with Crippen molar-refractivity contribution in [1.29, 1.82) is 0 Å². The molecule has 2 aromatic heterocycles. The van der Waals surface area contributed by atoms with E-state index in [0.717, 1.165) is 29.8 Å². The Bertz CT molecular complexity index is 975. The van der Waals surface area contributed by atoms with Crippen LogP contribution < -0.4 is 10.2 Å². The summed E-state index contributed by atoms with van der Waals surface area (Å²) >= 11 is 0. The Morgan fingerprint density at radius 2 is 1.86 bits per heavy atom. The van der Waals surface area contributed by atoms with Crippen LogP contribution >= 0.6 is 0 Å². The van der Waals surface area contributed by atoms with Crippen molar-refractivity contribution in [2.24, 2.45) is 0 Å². The van der Waals surface area contributed by atoms with E-state index in [0.29, 0.717) is 18.9 Å². The molecular weight excluding hydrogens is 356 g/mol. The molecule has 1 fully saturated rings. The first kappa shape index (κ1) is 18.2. The second-order valence-corrected chi connectivity index (χ2v) is 6.69. The van der Waals surface area contributed by atoms with Crippen LogP contribution in [-0.4, -0.2) is 47.7 Å². The van der Waals surface area contributed by atoms with Crippen LogP contribution in [0.2, 0.25) is 0 Å². The molecule has 3 aromatic rings. The van der Waals surface area contributed by atoms with Crippen molar-refractivity contribution >= 4 is 34.2 Å². The van der Waals surface area contributed by atoms with Gasteiger partial charge in [-0.05, 0) is 24.3 Å². The standard InChI is InChI=1S/C21H22N4O3/c26-20(7-8-21(27)25-10-9-16-3-1-2-4-18(16)25)23-17-5-6-19(22-15-17)24-11-13-28-14-12-24/h1-6,9-10,15H,7-8,11-14H2,(H,23,26). The molecule has 4 rings (SSSR count). The molecule has 1 aliphatic heterocycles. The van der Waals surface area contributed by atoms with Crippen molar-refractivity contribution in [3.8, 4) is 0 Å². The van der Waals surface area contributed by atoms with Crippen LogP contribution in [0.4, 0.5) is 11.5 Å². The number of aromatic nitrogens is 2. The summed E-state index contributed by atoms with van der Waals surface area (Å²) in [5, 5.41) is 3.81. The molecule has 0 radical (unpaired) electrons. The summed E-state index contributed by atoms with van der Waals surface area (Å²) in [6.07, 6.45) is 3.66. The van der Waals surface area contributed by atoms with Gasteiger partial charge in [-0.3, -0.25) is 14.2 Å². The fourth-order valence-electron chi connectivity index (χ4n) is 3.30. The largest absolute Gasteiger partial charge is 0.378 e. The Hall–Kier alpha value is -3.19. The first-order valence-corrected chi connectivity index (χ1v) is 9.38. The van der Waals surface area contributed by atoms with Gasteiger partial charge in [0, 0.05) is 37.5 Å². The maximum absolute atomic E-state index is 12.5. The Morgan fingerprint density at radius 1 is 1.04 bits per heavy atom. The number of hydrogen-bond donors (Lipinski definition) is 1. The number of carbonyl (C=O) groups is 2. The van der Waals surface area contributed by atoms with Gasteiger partial charge in [-0.15, -0.1) is 0 Å². The lowest BCUT2D eigenvalue weighted by atomic mass is 10.2. The number of fused-ring (bicyclic) bond motifs is 1. The predicted molar refractivity (Wildman–Crippen MR) is 108 cm³/mol. The maximum atomic E-state index is 12.5. The molecule has 0 atom stereocenters. The summed E-state index contributed by atoms with van der Waals surface area (Å²) in [5.41, 5.74) is 1.48. The first-order chi connectivity index (χ1) is 13.7. The Labute approximate surface area is 162 Å². The van der Waals surface area contributed by atoms with Gasteiger partial charge in [0.05, 0.1) is 30.6 Å². The number of amides is 1. The summed E-state index contributed by atoms with van der Waals surface area (Å²) in [6, 6.07) is 13.3. The van der Waals surface area contributed by atoms with E-state index in [4.69, 9.17) is 4.74 Å². The molecule has 3 heterocycles. The number of para-hydroxylation sites is 1. The summed E-state index contributed by atoms with van der Waals surface area (Å²) in [4.78, 5) is 31.2. The third-order valence-corrected chi connectivity index (χ3v) is 4.80. The van der Waals surface area contributed by atoms with Crippen LogP contribution in [0.3, 0.4) is 0 Å². The van der Waals surface area contributed by atoms with E-state index < -0.39 is 0 Å². The van der Waals surface area contributed by atoms with E-state index in [9.17, 15) is 9.59 Å². The number of hydrogen-bond acceptors (Lipinski definition) is 5. The summed E-state index contributed by atoms with van der Waals surface area (Å²) in [6.45, 7) is 3.03. The van der Waals surface area contributed by atoms with Gasteiger partial charge in [0.15, 0.2) is 0 Å². The number of benzene rings is 1. The zero-order valence-electron chi connectivity index (χ0n) is 15.5. The normalized spacial score (nSPS) is 14.2. The minimum absolute atomic E-state index is 0.0999. The zero-order chi connectivity index (χ0) is 19.3. The lowest BCUT2D eigenvalue weighted by Crippen LogP contribution is -2.36. The Balaban J connectivity index is 1.31. The highest BCUT2D eigenvalue weighted by atomic mass is 16.5. The third-order valence-electron chi connectivity index (χ3n) is 4.80. The fourth-order valence-corrected chi connectivity index (χ4v) is 3.30. The Kier molecular flexibility index (Phi) is 5.34. The van der Waals surface area contributed by atoms with Gasteiger partial charge >= 0.3 is 0 Å². The molecule has 28 heavy (non-hydrogen) atoms. The smallest absolute Gasteiger partial charge is 0.231 e. The molecule has 0 aliphatic carbocycles. The second-order valence-electron chi connectivity index (χ2n) is 6.69. The van der Waals surface area contributed by atoms with Gasteiger partial charge in [-0.2, -0.15) is 0 Å². The van der Waals surface area contributed by atoms with Crippen LogP contribution in [0.15, 0.2) is 54.9 Å². The number of nitrogens with zero attached hydrogens (tertiary/aromatic N) is 3. The van der Waals surface area contributed by atoms with E-state index in [-0.39, 0.29) is 24.7 Å². The Morgan fingerprint density at radius 3 is 2.64 bits per heavy atom. The fraction of sp³-hybridized carbons (Fsp3) is 0.286. The van der Waals surface area contributed by atoms with Crippen molar-refractivity contribution < 1.29 is 14.3 Å². The minimum atomic E-state index is -0.203. The molecule has 1 amide bonds. The van der Waals surface area contributed by atoms with Gasteiger partial charge in [-0.1, -0.05) is 18.2 Å². The van der Waals surface area contributed by atoms with Gasteiger partial charge in [0.2, 0.25) is 11.8 Å². The molecule has 7 nitrogen and oxygen atoms in total. The lowest BCUT2D eigenvalue weighted by molar-refractivity contribution is -0.116. The van der Waals surface area contributed by atoms with Crippen molar-refractivity contribution in [2.45, 2.75) is 12.8 Å². The lowest BCUT2D eigenvalue weighted by Gasteiger charge is -2.27. The summed E-state index contributed by atoms with van der Waals surface area (Å²) in [5.74, 6) is 0.568. The van der Waals surface area contributed by atoms with Gasteiger partial charge < -0.3 is 15.0 Å². The monoisotopic (exact) mass is 378 g/mol. The van der Waals surface area contributed by atoms with Crippen molar-refractivity contribution in [3.63, 3.8) is 0 Å². The topological polar surface area (TPSA) is 76.5 Å². The molecule has 1 saturated heterocycles. The quantitative estimate of drug-likeness (QED) is 0.739. The molecule has 0 bridgehead atoms. The van der Waals surface area contributed by atoms with Gasteiger partial charge in [0.25, 0.3) is 0 Å². The molecule has 1 N–H and O–H groups in total. The van der Waals surface area contributed by atoms with Crippen LogP contribution in [0.1, 0.15) is 17.6 Å². The highest BCUT2D eigenvalue weighted by Crippen LogP contribution is 2.17. The number of ether oxygens (including phenoxy) is 1. The predicted octanol–water partition coefficient (Wildman–Crippen LogP) is 2.93. The number of rotatable bonds is 5. The second kappa shape index (κ2) is 8.22. The van der Waals surface area contributed by atoms with Crippen LogP contribution in [-0.2, 0) is 9.53 Å². The summed E-state index contributed by atoms with van der Waals surface area (Å²) in [7, 11) is 0. The molecule has 144 valence electrons. The molecule has 1 aliphatic rings. The molecule has 0 spiro atoms. The summed E-state index contributed by atoms with van der Waals surface area (Å²) < 4.78 is 6.94. The molecule has 7 heteroatoms. The number of morpholine rings is 1.